The molecule has 3 aromatic carbocycles. The number of ether oxygens (including phenoxy) is 1. The Morgan fingerprint density at radius 2 is 1.71 bits per heavy atom. The van der Waals surface area contributed by atoms with Crippen molar-refractivity contribution in [2.24, 2.45) is 5.10 Å². The number of halogens is 1. The van der Waals surface area contributed by atoms with Crippen molar-refractivity contribution in [3.05, 3.63) is 100 Å². The van der Waals surface area contributed by atoms with Crippen LogP contribution in [0, 0.1) is 6.92 Å². The molecule has 3 rings (SSSR count). The third kappa shape index (κ3) is 5.21. The van der Waals surface area contributed by atoms with Crippen LogP contribution in [0.2, 0.25) is 5.02 Å². The van der Waals surface area contributed by atoms with Gasteiger partial charge >= 0.3 is 0 Å². The molecule has 5 heteroatoms. The fraction of sp³-hybridized carbons (Fsp3) is 0.130. The van der Waals surface area contributed by atoms with Crippen LogP contribution in [0.3, 0.4) is 0 Å². The normalized spacial score (nSPS) is 11.2. The Hall–Kier alpha value is -3.11. The van der Waals surface area contributed by atoms with Crippen molar-refractivity contribution in [2.45, 2.75) is 20.5 Å². The molecule has 0 saturated heterocycles. The number of amides is 1. The molecule has 1 N–H and O–H groups in total. The van der Waals surface area contributed by atoms with Gasteiger partial charge in [-0.3, -0.25) is 4.79 Å². The predicted molar refractivity (Wildman–Crippen MR) is 113 cm³/mol. The number of hydrogen-bond donors (Lipinski definition) is 1. The summed E-state index contributed by atoms with van der Waals surface area (Å²) < 4.78 is 5.78. The summed E-state index contributed by atoms with van der Waals surface area (Å²) in [4.78, 5) is 12.3. The van der Waals surface area contributed by atoms with E-state index in [1.165, 1.54) is 0 Å². The standard InChI is InChI=1S/C23H21ClN2O2/c1-16-14-21(12-13-22(16)24)28-15-18-8-10-20(11-9-18)23(27)26-25-17(2)19-6-4-3-5-7-19/h3-14H,15H2,1-2H3,(H,26,27)/b25-17-. The molecule has 1 amide bonds. The van der Waals surface area contributed by atoms with E-state index in [2.05, 4.69) is 10.5 Å². The number of benzene rings is 3. The lowest BCUT2D eigenvalue weighted by Gasteiger charge is -2.08. The number of hydrogen-bond acceptors (Lipinski definition) is 3. The minimum atomic E-state index is -0.254. The van der Waals surface area contributed by atoms with Gasteiger partial charge in [0.25, 0.3) is 5.91 Å². The van der Waals surface area contributed by atoms with Gasteiger partial charge < -0.3 is 4.74 Å². The highest BCUT2D eigenvalue weighted by atomic mass is 35.5. The zero-order chi connectivity index (χ0) is 19.9. The SMILES string of the molecule is C/C(=N/NC(=O)c1ccc(COc2ccc(Cl)c(C)c2)cc1)c1ccccc1. The molecule has 0 fully saturated rings. The Kier molecular flexibility index (Phi) is 6.45. The fourth-order valence-corrected chi connectivity index (χ4v) is 2.69. The molecule has 28 heavy (non-hydrogen) atoms. The lowest BCUT2D eigenvalue weighted by atomic mass is 10.1. The maximum absolute atomic E-state index is 12.3. The third-order valence-corrected chi connectivity index (χ3v) is 4.69. The Bertz CT molecular complexity index is 983. The second kappa shape index (κ2) is 9.20. The maximum atomic E-state index is 12.3. The fourth-order valence-electron chi connectivity index (χ4n) is 2.57. The molecule has 0 heterocycles. The van der Waals surface area contributed by atoms with E-state index < -0.39 is 0 Å². The van der Waals surface area contributed by atoms with Crippen molar-refractivity contribution in [1.29, 1.82) is 0 Å². The lowest BCUT2D eigenvalue weighted by Crippen LogP contribution is -2.19. The van der Waals surface area contributed by atoms with Gasteiger partial charge in [0, 0.05) is 10.6 Å². The summed E-state index contributed by atoms with van der Waals surface area (Å²) in [6.07, 6.45) is 0. The second-order valence-electron chi connectivity index (χ2n) is 6.40. The van der Waals surface area contributed by atoms with E-state index >= 15 is 0 Å². The first kappa shape index (κ1) is 19.6. The summed E-state index contributed by atoms with van der Waals surface area (Å²) in [5, 5.41) is 4.88. The Balaban J connectivity index is 1.57. The highest BCUT2D eigenvalue weighted by Gasteiger charge is 2.06. The van der Waals surface area contributed by atoms with E-state index in [0.29, 0.717) is 17.2 Å². The Morgan fingerprint density at radius 3 is 2.39 bits per heavy atom. The Morgan fingerprint density at radius 1 is 1.00 bits per heavy atom. The van der Waals surface area contributed by atoms with Crippen LogP contribution in [0.5, 0.6) is 5.75 Å². The molecular formula is C23H21ClN2O2. The van der Waals surface area contributed by atoms with Crippen LogP contribution < -0.4 is 10.2 Å². The van der Waals surface area contributed by atoms with Crippen LogP contribution in [0.1, 0.15) is 34.0 Å². The van der Waals surface area contributed by atoms with E-state index in [1.807, 2.05) is 74.5 Å². The van der Waals surface area contributed by atoms with Gasteiger partial charge in [0.05, 0.1) is 5.71 Å². The van der Waals surface area contributed by atoms with Crippen LogP contribution in [-0.2, 0) is 6.61 Å². The number of carbonyl (C=O) groups is 1. The second-order valence-corrected chi connectivity index (χ2v) is 6.81. The van der Waals surface area contributed by atoms with Crippen LogP contribution in [0.15, 0.2) is 77.9 Å². The largest absolute Gasteiger partial charge is 0.489 e. The molecule has 0 aliphatic heterocycles. The van der Waals surface area contributed by atoms with Crippen LogP contribution in [0.4, 0.5) is 0 Å². The molecule has 0 radical (unpaired) electrons. The topological polar surface area (TPSA) is 50.7 Å². The molecule has 3 aromatic rings. The van der Waals surface area contributed by atoms with Crippen molar-refractivity contribution in [3.63, 3.8) is 0 Å². The predicted octanol–water partition coefficient (Wildman–Crippen LogP) is 5.38. The van der Waals surface area contributed by atoms with Gasteiger partial charge in [0.1, 0.15) is 12.4 Å². The summed E-state index contributed by atoms with van der Waals surface area (Å²) >= 11 is 6.02. The number of nitrogens with one attached hydrogen (secondary N) is 1. The van der Waals surface area contributed by atoms with Crippen molar-refractivity contribution in [1.82, 2.24) is 5.43 Å². The first-order valence-corrected chi connectivity index (χ1v) is 9.28. The van der Waals surface area contributed by atoms with Crippen molar-refractivity contribution in [2.75, 3.05) is 0 Å². The molecule has 0 aromatic heterocycles. The van der Waals surface area contributed by atoms with Gasteiger partial charge in [-0.15, -0.1) is 0 Å². The first-order chi connectivity index (χ1) is 13.5. The van der Waals surface area contributed by atoms with E-state index in [-0.39, 0.29) is 5.91 Å². The van der Waals surface area contributed by atoms with E-state index in [4.69, 9.17) is 16.3 Å². The van der Waals surface area contributed by atoms with Crippen LogP contribution in [-0.4, -0.2) is 11.6 Å². The van der Waals surface area contributed by atoms with Crippen molar-refractivity contribution >= 4 is 23.2 Å². The molecule has 0 spiro atoms. The summed E-state index contributed by atoms with van der Waals surface area (Å²) in [6.45, 7) is 4.20. The number of carbonyl (C=O) groups excluding carboxylic acids is 1. The van der Waals surface area contributed by atoms with Gasteiger partial charge in [-0.25, -0.2) is 5.43 Å². The molecule has 142 valence electrons. The highest BCUT2D eigenvalue weighted by molar-refractivity contribution is 6.31. The molecule has 4 nitrogen and oxygen atoms in total. The molecule has 0 saturated carbocycles. The smallest absolute Gasteiger partial charge is 0.271 e. The Labute approximate surface area is 169 Å². The summed E-state index contributed by atoms with van der Waals surface area (Å²) in [5.41, 5.74) is 6.78. The number of hydrazone groups is 1. The minimum Gasteiger partial charge on any atom is -0.489 e. The summed E-state index contributed by atoms with van der Waals surface area (Å²) in [5.74, 6) is 0.505. The van der Waals surface area contributed by atoms with Crippen molar-refractivity contribution < 1.29 is 9.53 Å². The maximum Gasteiger partial charge on any atom is 0.271 e. The molecule has 0 bridgehead atoms. The summed E-state index contributed by atoms with van der Waals surface area (Å²) in [6, 6.07) is 22.5. The lowest BCUT2D eigenvalue weighted by molar-refractivity contribution is 0.0955. The number of nitrogens with zero attached hydrogens (tertiary/aromatic N) is 1. The quantitative estimate of drug-likeness (QED) is 0.452. The zero-order valence-electron chi connectivity index (χ0n) is 15.8. The zero-order valence-corrected chi connectivity index (χ0v) is 16.5. The molecule has 0 aliphatic carbocycles. The average Bonchev–Trinajstić information content (AvgIpc) is 2.73. The van der Waals surface area contributed by atoms with E-state index in [0.717, 1.165) is 28.2 Å². The van der Waals surface area contributed by atoms with E-state index in [1.54, 1.807) is 12.1 Å². The van der Waals surface area contributed by atoms with Gasteiger partial charge in [-0.1, -0.05) is 54.1 Å². The molecule has 0 atom stereocenters. The van der Waals surface area contributed by atoms with Crippen LogP contribution >= 0.6 is 11.6 Å². The number of rotatable bonds is 6. The van der Waals surface area contributed by atoms with Gasteiger partial charge in [0.2, 0.25) is 0 Å². The van der Waals surface area contributed by atoms with Gasteiger partial charge in [-0.2, -0.15) is 5.10 Å². The highest BCUT2D eigenvalue weighted by Crippen LogP contribution is 2.21. The number of aryl methyl sites for hydroxylation is 1. The first-order valence-electron chi connectivity index (χ1n) is 8.91. The average molecular weight is 393 g/mol. The summed E-state index contributed by atoms with van der Waals surface area (Å²) in [7, 11) is 0. The molecule has 0 unspecified atom stereocenters. The van der Waals surface area contributed by atoms with Gasteiger partial charge in [-0.05, 0) is 60.9 Å². The molecule has 0 aliphatic rings. The monoisotopic (exact) mass is 392 g/mol. The van der Waals surface area contributed by atoms with Crippen molar-refractivity contribution in [3.8, 4) is 5.75 Å². The van der Waals surface area contributed by atoms with Crippen LogP contribution in [0.25, 0.3) is 0 Å². The van der Waals surface area contributed by atoms with Gasteiger partial charge in [0.15, 0.2) is 0 Å². The minimum absolute atomic E-state index is 0.254. The third-order valence-electron chi connectivity index (χ3n) is 4.27. The molecular weight excluding hydrogens is 372 g/mol. The van der Waals surface area contributed by atoms with E-state index in [9.17, 15) is 4.79 Å².